The predicted octanol–water partition coefficient (Wildman–Crippen LogP) is 2.41. The molecule has 2 aromatic heterocycles. The maximum absolute atomic E-state index is 13.2. The predicted molar refractivity (Wildman–Crippen MR) is 133 cm³/mol. The Bertz CT molecular complexity index is 1490. The van der Waals surface area contributed by atoms with Crippen molar-refractivity contribution < 1.29 is 37.3 Å². The molecule has 1 fully saturated rings. The first-order valence-corrected chi connectivity index (χ1v) is 12.5. The number of likely N-dealkylation sites (N-methyl/N-ethyl adjacent to an activating group) is 1. The molecule has 0 spiro atoms. The summed E-state index contributed by atoms with van der Waals surface area (Å²) in [5, 5.41) is 13.1. The van der Waals surface area contributed by atoms with Crippen molar-refractivity contribution in [2.75, 3.05) is 31.8 Å². The number of benzene rings is 1. The average molecular weight is 559 g/mol. The lowest BCUT2D eigenvalue weighted by Gasteiger charge is -2.30. The smallest absolute Gasteiger partial charge is 0.443 e. The molecule has 202 valence electrons. The third kappa shape index (κ3) is 5.88. The van der Waals surface area contributed by atoms with Gasteiger partial charge in [0.15, 0.2) is 10.6 Å². The van der Waals surface area contributed by atoms with Gasteiger partial charge in [0, 0.05) is 30.6 Å². The Morgan fingerprint density at radius 2 is 2.10 bits per heavy atom. The highest BCUT2D eigenvalue weighted by Gasteiger charge is 2.35. The summed E-state index contributed by atoms with van der Waals surface area (Å²) in [6.45, 7) is 0.133. The molecule has 9 nitrogen and oxygen atoms in total. The maximum atomic E-state index is 13.2. The molecule has 13 heteroatoms. The lowest BCUT2D eigenvalue weighted by atomic mass is 10.0. The average Bonchev–Trinajstić information content (AvgIpc) is 3.33. The number of ether oxygens (including phenoxy) is 2. The molecule has 0 saturated carbocycles. The second-order valence-electron chi connectivity index (χ2n) is 9.06. The number of halogens is 3. The van der Waals surface area contributed by atoms with Crippen LogP contribution in [0, 0.1) is 11.8 Å². The van der Waals surface area contributed by atoms with E-state index in [0.29, 0.717) is 33.9 Å². The summed E-state index contributed by atoms with van der Waals surface area (Å²) in [5.41, 5.74) is 0.569. The fourth-order valence-corrected chi connectivity index (χ4v) is 4.59. The summed E-state index contributed by atoms with van der Waals surface area (Å²) in [6.07, 6.45) is -3.08. The van der Waals surface area contributed by atoms with Crippen molar-refractivity contribution in [3.63, 3.8) is 0 Å². The number of thiazole rings is 1. The fraction of sp³-hybridized carbons (Fsp3) is 0.308. The van der Waals surface area contributed by atoms with Gasteiger partial charge in [0.2, 0.25) is 0 Å². The molecular weight excluding hydrogens is 537 g/mol. The van der Waals surface area contributed by atoms with Crippen LogP contribution in [0.3, 0.4) is 0 Å². The number of amides is 2. The van der Waals surface area contributed by atoms with Gasteiger partial charge in [0.25, 0.3) is 11.8 Å². The fourth-order valence-electron chi connectivity index (χ4n) is 3.90. The molecule has 2 N–H and O–H groups in total. The first kappa shape index (κ1) is 26.6. The zero-order valence-corrected chi connectivity index (χ0v) is 21.2. The molecule has 1 aromatic carbocycles. The van der Waals surface area contributed by atoms with E-state index in [1.54, 1.807) is 31.3 Å². The molecule has 0 radical (unpaired) electrons. The van der Waals surface area contributed by atoms with Gasteiger partial charge >= 0.3 is 6.18 Å². The number of rotatable bonds is 4. The lowest BCUT2D eigenvalue weighted by molar-refractivity contribution is -0.140. The zero-order valence-electron chi connectivity index (χ0n) is 20.4. The van der Waals surface area contributed by atoms with E-state index in [-0.39, 0.29) is 37.6 Å². The van der Waals surface area contributed by atoms with Crippen LogP contribution in [-0.2, 0) is 22.1 Å². The maximum Gasteiger partial charge on any atom is 0.443 e. The van der Waals surface area contributed by atoms with E-state index in [1.165, 1.54) is 22.5 Å². The van der Waals surface area contributed by atoms with Gasteiger partial charge in [-0.3, -0.25) is 14.6 Å². The van der Waals surface area contributed by atoms with Crippen LogP contribution in [0.15, 0.2) is 41.9 Å². The Morgan fingerprint density at radius 3 is 2.79 bits per heavy atom. The van der Waals surface area contributed by atoms with E-state index >= 15 is 0 Å². The summed E-state index contributed by atoms with van der Waals surface area (Å²) >= 11 is 0.504. The van der Waals surface area contributed by atoms with E-state index in [2.05, 4.69) is 27.1 Å². The first-order chi connectivity index (χ1) is 18.5. The summed E-state index contributed by atoms with van der Waals surface area (Å²) in [7, 11) is 1.54. The normalized spacial score (nSPS) is 18.1. The van der Waals surface area contributed by atoms with Gasteiger partial charge in [0.05, 0.1) is 24.6 Å². The number of pyridine rings is 1. The van der Waals surface area contributed by atoms with E-state index in [1.807, 2.05) is 0 Å². The molecule has 1 atom stereocenters. The number of hydrogen-bond donors (Lipinski definition) is 2. The van der Waals surface area contributed by atoms with Gasteiger partial charge < -0.3 is 24.8 Å². The third-order valence-corrected chi connectivity index (χ3v) is 6.95. The number of anilines is 1. The van der Waals surface area contributed by atoms with Gasteiger partial charge in [-0.25, -0.2) is 4.98 Å². The Labute approximate surface area is 224 Å². The number of nitrogens with one attached hydrogen (secondary N) is 1. The number of nitrogens with zero attached hydrogens (tertiary/aromatic N) is 3. The minimum atomic E-state index is -4.52. The number of hydrogen-bond acceptors (Lipinski definition) is 8. The lowest BCUT2D eigenvalue weighted by Crippen LogP contribution is -2.49. The minimum Gasteiger partial charge on any atom is -0.489 e. The minimum absolute atomic E-state index is 0.00791. The standard InChI is InChI=1S/C26H21F3N4O5S/c1-33-20-10-15(4-6-25(36)13-37-14-25)2-3-21(20)38-11-19(23(33)35)32-22(34)18-9-16(5-7-30-18)8-17-12-39-24(31-17)26(27,28)29/h2-3,5,7,9-10,12,19,36H,8,11,13-14H2,1H3,(H,32,34)/t19-/m0/s1. The number of aromatic nitrogens is 2. The van der Waals surface area contributed by atoms with Crippen molar-refractivity contribution in [1.82, 2.24) is 15.3 Å². The Kier molecular flexibility index (Phi) is 7.02. The highest BCUT2D eigenvalue weighted by molar-refractivity contribution is 7.09. The van der Waals surface area contributed by atoms with Crippen LogP contribution < -0.4 is 15.0 Å². The molecular formula is C26H21F3N4O5S. The molecule has 0 aliphatic carbocycles. The molecule has 1 saturated heterocycles. The second kappa shape index (κ2) is 10.3. The van der Waals surface area contributed by atoms with Crippen molar-refractivity contribution in [2.24, 2.45) is 0 Å². The van der Waals surface area contributed by atoms with Crippen molar-refractivity contribution in [2.45, 2.75) is 24.2 Å². The van der Waals surface area contributed by atoms with Crippen LogP contribution in [0.25, 0.3) is 0 Å². The highest BCUT2D eigenvalue weighted by Crippen LogP contribution is 2.33. The van der Waals surface area contributed by atoms with Gasteiger partial charge in [-0.05, 0) is 35.9 Å². The summed E-state index contributed by atoms with van der Waals surface area (Å²) < 4.78 is 49.3. The topological polar surface area (TPSA) is 114 Å². The van der Waals surface area contributed by atoms with Crippen LogP contribution >= 0.6 is 11.3 Å². The molecule has 39 heavy (non-hydrogen) atoms. The number of carbonyl (C=O) groups is 2. The van der Waals surface area contributed by atoms with E-state index in [9.17, 15) is 27.9 Å². The number of aliphatic hydroxyl groups is 1. The Hall–Kier alpha value is -3.99. The van der Waals surface area contributed by atoms with Crippen LogP contribution in [0.5, 0.6) is 5.75 Å². The summed E-state index contributed by atoms with van der Waals surface area (Å²) in [4.78, 5) is 35.1. The first-order valence-electron chi connectivity index (χ1n) is 11.7. The van der Waals surface area contributed by atoms with Crippen LogP contribution in [-0.4, -0.2) is 65.4 Å². The van der Waals surface area contributed by atoms with Crippen molar-refractivity contribution in [3.8, 4) is 17.6 Å². The molecule has 3 aromatic rings. The van der Waals surface area contributed by atoms with Crippen LogP contribution in [0.4, 0.5) is 18.9 Å². The van der Waals surface area contributed by atoms with Gasteiger partial charge in [-0.15, -0.1) is 11.3 Å². The van der Waals surface area contributed by atoms with Gasteiger partial charge in [-0.2, -0.15) is 13.2 Å². The van der Waals surface area contributed by atoms with E-state index < -0.39 is 34.6 Å². The molecule has 4 heterocycles. The molecule has 5 rings (SSSR count). The Morgan fingerprint density at radius 1 is 1.31 bits per heavy atom. The molecule has 2 aliphatic rings. The third-order valence-electron chi connectivity index (χ3n) is 6.02. The van der Waals surface area contributed by atoms with Crippen molar-refractivity contribution in [1.29, 1.82) is 0 Å². The molecule has 2 amide bonds. The summed E-state index contributed by atoms with van der Waals surface area (Å²) in [5.74, 6) is 4.98. The number of alkyl halides is 3. The second-order valence-corrected chi connectivity index (χ2v) is 9.92. The number of fused-ring (bicyclic) bond motifs is 1. The quantitative estimate of drug-likeness (QED) is 0.473. The van der Waals surface area contributed by atoms with Crippen LogP contribution in [0.1, 0.15) is 32.3 Å². The monoisotopic (exact) mass is 558 g/mol. The largest absolute Gasteiger partial charge is 0.489 e. The highest BCUT2D eigenvalue weighted by atomic mass is 32.1. The SMILES string of the molecule is CN1C(=O)[C@@H](NC(=O)c2cc(Cc3csc(C(F)(F)F)n3)ccn2)COc2ccc(C#CC3(O)COC3)cc21. The van der Waals surface area contributed by atoms with Gasteiger partial charge in [0.1, 0.15) is 24.1 Å². The van der Waals surface area contributed by atoms with E-state index in [0.717, 1.165) is 0 Å². The van der Waals surface area contributed by atoms with Crippen molar-refractivity contribution in [3.05, 3.63) is 69.4 Å². The van der Waals surface area contributed by atoms with Crippen LogP contribution in [0.2, 0.25) is 0 Å². The van der Waals surface area contributed by atoms with Crippen molar-refractivity contribution >= 4 is 28.8 Å². The van der Waals surface area contributed by atoms with E-state index in [4.69, 9.17) is 9.47 Å². The van der Waals surface area contributed by atoms with Gasteiger partial charge in [-0.1, -0.05) is 11.8 Å². The zero-order chi connectivity index (χ0) is 27.8. The molecule has 2 aliphatic heterocycles. The Balaban J connectivity index is 1.27. The summed E-state index contributed by atoms with van der Waals surface area (Å²) in [6, 6.07) is 6.99. The molecule has 0 unspecified atom stereocenters. The molecule has 0 bridgehead atoms. The number of carbonyl (C=O) groups excluding carboxylic acids is 2.